The van der Waals surface area contributed by atoms with Crippen molar-refractivity contribution in [3.05, 3.63) is 71.1 Å². The van der Waals surface area contributed by atoms with Gasteiger partial charge in [-0.2, -0.15) is 0 Å². The molecule has 30 heavy (non-hydrogen) atoms. The molecule has 2 aromatic carbocycles. The second kappa shape index (κ2) is 8.05. The molecule has 3 heterocycles. The number of rotatable bonds is 4. The Bertz CT molecular complexity index is 1190. The zero-order valence-electron chi connectivity index (χ0n) is 16.8. The molecule has 1 aliphatic rings. The van der Waals surface area contributed by atoms with Crippen molar-refractivity contribution in [2.75, 3.05) is 13.2 Å². The molecular weight excluding hydrogens is 394 g/mol. The number of aryl methyl sites for hydroxylation is 1. The summed E-state index contributed by atoms with van der Waals surface area (Å²) in [5.41, 5.74) is 4.25. The van der Waals surface area contributed by atoms with Gasteiger partial charge in [-0.1, -0.05) is 25.1 Å². The fraction of sp³-hybridized carbons (Fsp3) is 0.250. The van der Waals surface area contributed by atoms with Gasteiger partial charge in [-0.05, 0) is 29.1 Å². The van der Waals surface area contributed by atoms with Crippen LogP contribution in [0.15, 0.2) is 54.2 Å². The van der Waals surface area contributed by atoms with Gasteiger partial charge in [-0.3, -0.25) is 4.90 Å². The van der Waals surface area contributed by atoms with Gasteiger partial charge in [0.15, 0.2) is 11.5 Å². The number of hydrogen-bond donors (Lipinski definition) is 1. The lowest BCUT2D eigenvalue weighted by Gasteiger charge is -2.19. The Morgan fingerprint density at radius 3 is 2.83 bits per heavy atom. The van der Waals surface area contributed by atoms with Gasteiger partial charge < -0.3 is 9.84 Å². The van der Waals surface area contributed by atoms with Crippen molar-refractivity contribution in [1.29, 1.82) is 0 Å². The number of aromatic nitrogens is 2. The quantitative estimate of drug-likeness (QED) is 0.505. The molecule has 5 rings (SSSR count). The van der Waals surface area contributed by atoms with E-state index in [-0.39, 0.29) is 5.75 Å². The van der Waals surface area contributed by atoms with Crippen LogP contribution in [-0.2, 0) is 19.5 Å². The van der Waals surface area contributed by atoms with Crippen LogP contribution in [0.3, 0.4) is 0 Å². The molecule has 4 aromatic rings. The summed E-state index contributed by atoms with van der Waals surface area (Å²) < 4.78 is 7.17. The summed E-state index contributed by atoms with van der Waals surface area (Å²) in [6, 6.07) is 12.3. The largest absolute Gasteiger partial charge is 0.504 e. The summed E-state index contributed by atoms with van der Waals surface area (Å²) in [6.45, 7) is 4.82. The predicted molar refractivity (Wildman–Crippen MR) is 120 cm³/mol. The minimum absolute atomic E-state index is 0.204. The molecule has 6 heteroatoms. The van der Waals surface area contributed by atoms with Gasteiger partial charge in [0, 0.05) is 65.2 Å². The number of benzene rings is 2. The van der Waals surface area contributed by atoms with Gasteiger partial charge in [-0.15, -0.1) is 11.3 Å². The first kappa shape index (κ1) is 19.0. The first-order chi connectivity index (χ1) is 14.7. The third-order valence-corrected chi connectivity index (χ3v) is 6.43. The molecule has 152 valence electrons. The number of thiophene rings is 1. The van der Waals surface area contributed by atoms with Crippen LogP contribution in [0.4, 0.5) is 0 Å². The molecule has 2 aromatic heterocycles. The maximum Gasteiger partial charge on any atom is 0.165 e. The molecule has 0 unspecified atom stereocenters. The van der Waals surface area contributed by atoms with Crippen LogP contribution in [0.25, 0.3) is 21.2 Å². The van der Waals surface area contributed by atoms with Gasteiger partial charge >= 0.3 is 0 Å². The Morgan fingerprint density at radius 1 is 1.17 bits per heavy atom. The fourth-order valence-electron chi connectivity index (χ4n) is 3.95. The SMILES string of the molecule is CCc1ncc(CN2CCOc3c(O)cc(-c4csc5ccccc45)cc3C2)cn1. The van der Waals surface area contributed by atoms with Crippen LogP contribution < -0.4 is 4.74 Å². The van der Waals surface area contributed by atoms with Gasteiger partial charge in [-0.25, -0.2) is 9.97 Å². The average molecular weight is 418 g/mol. The van der Waals surface area contributed by atoms with E-state index >= 15 is 0 Å². The van der Waals surface area contributed by atoms with Crippen LogP contribution in [-0.4, -0.2) is 33.1 Å². The third-order valence-electron chi connectivity index (χ3n) is 5.47. The molecule has 0 atom stereocenters. The van der Waals surface area contributed by atoms with Gasteiger partial charge in [0.2, 0.25) is 0 Å². The first-order valence-corrected chi connectivity index (χ1v) is 11.1. The molecule has 0 amide bonds. The second-order valence-corrected chi connectivity index (χ2v) is 8.46. The van der Waals surface area contributed by atoms with E-state index in [0.29, 0.717) is 18.9 Å². The summed E-state index contributed by atoms with van der Waals surface area (Å²) in [5, 5.41) is 14.1. The maximum absolute atomic E-state index is 10.7. The highest BCUT2D eigenvalue weighted by Crippen LogP contribution is 2.41. The van der Waals surface area contributed by atoms with Crippen molar-refractivity contribution >= 4 is 21.4 Å². The highest BCUT2D eigenvalue weighted by atomic mass is 32.1. The predicted octanol–water partition coefficient (Wildman–Crippen LogP) is 5.02. The molecule has 0 saturated heterocycles. The van der Waals surface area contributed by atoms with Crippen LogP contribution in [0.2, 0.25) is 0 Å². The average Bonchev–Trinajstić information content (AvgIpc) is 3.09. The zero-order valence-corrected chi connectivity index (χ0v) is 17.7. The van der Waals surface area contributed by atoms with E-state index in [1.807, 2.05) is 18.5 Å². The van der Waals surface area contributed by atoms with E-state index in [9.17, 15) is 5.11 Å². The molecule has 5 nitrogen and oxygen atoms in total. The molecule has 1 N–H and O–H groups in total. The van der Waals surface area contributed by atoms with E-state index < -0.39 is 0 Å². The molecule has 0 fully saturated rings. The van der Waals surface area contributed by atoms with Gasteiger partial charge in [0.1, 0.15) is 12.4 Å². The molecule has 0 saturated carbocycles. The van der Waals surface area contributed by atoms with E-state index in [2.05, 4.69) is 57.5 Å². The number of phenolic OH excluding ortho intramolecular Hbond substituents is 1. The van der Waals surface area contributed by atoms with E-state index in [0.717, 1.165) is 47.6 Å². The van der Waals surface area contributed by atoms with Crippen molar-refractivity contribution in [2.24, 2.45) is 0 Å². The molecule has 1 aliphatic heterocycles. The number of phenols is 1. The standard InChI is InChI=1S/C24H23N3O2S/c1-2-23-25-11-16(12-26-23)13-27-7-8-29-24-18(14-27)9-17(10-21(24)28)20-15-30-22-6-4-3-5-19(20)22/h3-6,9-12,15,28H,2,7-8,13-14H2,1H3. The highest BCUT2D eigenvalue weighted by molar-refractivity contribution is 7.17. The second-order valence-electron chi connectivity index (χ2n) is 7.55. The van der Waals surface area contributed by atoms with Crippen LogP contribution in [0, 0.1) is 0 Å². The summed E-state index contributed by atoms with van der Waals surface area (Å²) in [4.78, 5) is 11.1. The van der Waals surface area contributed by atoms with Crippen LogP contribution in [0.5, 0.6) is 11.5 Å². The lowest BCUT2D eigenvalue weighted by Crippen LogP contribution is -2.25. The van der Waals surface area contributed by atoms with Crippen molar-refractivity contribution in [1.82, 2.24) is 14.9 Å². The Hall–Kier alpha value is -2.96. The minimum Gasteiger partial charge on any atom is -0.504 e. The normalized spacial score (nSPS) is 14.3. The maximum atomic E-state index is 10.7. The highest BCUT2D eigenvalue weighted by Gasteiger charge is 2.21. The molecule has 0 aliphatic carbocycles. The van der Waals surface area contributed by atoms with Crippen molar-refractivity contribution in [2.45, 2.75) is 26.4 Å². The summed E-state index contributed by atoms with van der Waals surface area (Å²) >= 11 is 1.72. The first-order valence-electron chi connectivity index (χ1n) is 10.2. The lowest BCUT2D eigenvalue weighted by molar-refractivity contribution is 0.217. The Morgan fingerprint density at radius 2 is 2.00 bits per heavy atom. The summed E-state index contributed by atoms with van der Waals surface area (Å²) in [6.07, 6.45) is 4.65. The fourth-order valence-corrected chi connectivity index (χ4v) is 4.92. The third kappa shape index (κ3) is 3.64. The molecule has 0 radical (unpaired) electrons. The van der Waals surface area contributed by atoms with Crippen LogP contribution in [0.1, 0.15) is 23.9 Å². The van der Waals surface area contributed by atoms with E-state index in [4.69, 9.17) is 4.74 Å². The molecule has 0 spiro atoms. The lowest BCUT2D eigenvalue weighted by atomic mass is 10.0. The Kier molecular flexibility index (Phi) is 5.11. The zero-order chi connectivity index (χ0) is 20.5. The molecule has 0 bridgehead atoms. The number of fused-ring (bicyclic) bond motifs is 2. The topological polar surface area (TPSA) is 58.5 Å². The Labute approximate surface area is 179 Å². The van der Waals surface area contributed by atoms with Crippen molar-refractivity contribution in [3.8, 4) is 22.6 Å². The number of ether oxygens (including phenoxy) is 1. The monoisotopic (exact) mass is 417 g/mol. The number of aromatic hydroxyl groups is 1. The minimum atomic E-state index is 0.204. The van der Waals surface area contributed by atoms with E-state index in [1.54, 1.807) is 11.3 Å². The summed E-state index contributed by atoms with van der Waals surface area (Å²) in [7, 11) is 0. The number of hydrogen-bond acceptors (Lipinski definition) is 6. The Balaban J connectivity index is 1.46. The summed E-state index contributed by atoms with van der Waals surface area (Å²) in [5.74, 6) is 1.66. The smallest absolute Gasteiger partial charge is 0.165 e. The van der Waals surface area contributed by atoms with Crippen molar-refractivity contribution < 1.29 is 9.84 Å². The van der Waals surface area contributed by atoms with Crippen LogP contribution >= 0.6 is 11.3 Å². The van der Waals surface area contributed by atoms with Crippen molar-refractivity contribution in [3.63, 3.8) is 0 Å². The van der Waals surface area contributed by atoms with Gasteiger partial charge in [0.25, 0.3) is 0 Å². The molecular formula is C24H23N3O2S. The van der Waals surface area contributed by atoms with E-state index in [1.165, 1.54) is 10.1 Å². The van der Waals surface area contributed by atoms with Gasteiger partial charge in [0.05, 0.1) is 0 Å². The number of nitrogens with zero attached hydrogens (tertiary/aromatic N) is 3.